The summed E-state index contributed by atoms with van der Waals surface area (Å²) in [6.07, 6.45) is 7.26. The van der Waals surface area contributed by atoms with Crippen molar-refractivity contribution in [3.05, 3.63) is 35.9 Å². The van der Waals surface area contributed by atoms with Gasteiger partial charge in [-0.1, -0.05) is 25.1 Å². The Labute approximate surface area is 109 Å². The molecule has 0 spiro atoms. The Balaban J connectivity index is 1.72. The largest absolute Gasteiger partial charge is 0.347 e. The van der Waals surface area contributed by atoms with Gasteiger partial charge in [0.2, 0.25) is 0 Å². The third kappa shape index (κ3) is 2.05. The maximum atomic E-state index is 12.3. The van der Waals surface area contributed by atoms with Crippen LogP contribution in [0.15, 0.2) is 30.3 Å². The van der Waals surface area contributed by atoms with Crippen LogP contribution in [-0.4, -0.2) is 11.4 Å². The van der Waals surface area contributed by atoms with Crippen molar-refractivity contribution >= 4 is 5.91 Å². The van der Waals surface area contributed by atoms with Gasteiger partial charge in [-0.3, -0.25) is 4.79 Å². The standard InChI is InChI=1S/C16H21NO/c1-15-7-10-16(11-8-15,12-9-15)17-14(18)13-5-3-2-4-6-13/h2-6H,7-12H2,1H3,(H,17,18). The van der Waals surface area contributed by atoms with E-state index in [1.807, 2.05) is 30.3 Å². The first-order chi connectivity index (χ1) is 8.61. The van der Waals surface area contributed by atoms with Crippen molar-refractivity contribution < 1.29 is 4.79 Å². The van der Waals surface area contributed by atoms with Gasteiger partial charge in [-0.15, -0.1) is 0 Å². The lowest BCUT2D eigenvalue weighted by molar-refractivity contribution is 0.0339. The summed E-state index contributed by atoms with van der Waals surface area (Å²) in [4.78, 5) is 12.3. The van der Waals surface area contributed by atoms with E-state index in [1.165, 1.54) is 19.3 Å². The topological polar surface area (TPSA) is 29.1 Å². The second-order valence-corrected chi connectivity index (χ2v) is 6.41. The van der Waals surface area contributed by atoms with Crippen LogP contribution in [0.25, 0.3) is 0 Å². The summed E-state index contributed by atoms with van der Waals surface area (Å²) in [5.41, 5.74) is 1.43. The fraction of sp³-hybridized carbons (Fsp3) is 0.562. The number of carbonyl (C=O) groups is 1. The first-order valence-electron chi connectivity index (χ1n) is 6.99. The van der Waals surface area contributed by atoms with Gasteiger partial charge in [0.05, 0.1) is 0 Å². The number of carbonyl (C=O) groups excluding carboxylic acids is 1. The van der Waals surface area contributed by atoms with Crippen LogP contribution >= 0.6 is 0 Å². The molecule has 3 aliphatic rings. The van der Waals surface area contributed by atoms with Crippen LogP contribution in [0.3, 0.4) is 0 Å². The normalized spacial score (nSPS) is 34.3. The Bertz CT molecular complexity index is 427. The van der Waals surface area contributed by atoms with E-state index in [9.17, 15) is 4.79 Å². The Hall–Kier alpha value is -1.31. The molecule has 18 heavy (non-hydrogen) atoms. The minimum absolute atomic E-state index is 0.0880. The lowest BCUT2D eigenvalue weighted by Gasteiger charge is -2.52. The van der Waals surface area contributed by atoms with E-state index >= 15 is 0 Å². The molecule has 2 heteroatoms. The first kappa shape index (κ1) is 11.8. The zero-order chi connectivity index (χ0) is 12.6. The molecule has 3 aliphatic carbocycles. The van der Waals surface area contributed by atoms with Crippen LogP contribution in [0.2, 0.25) is 0 Å². The summed E-state index contributed by atoms with van der Waals surface area (Å²) in [6.45, 7) is 2.40. The Morgan fingerprint density at radius 1 is 1.00 bits per heavy atom. The monoisotopic (exact) mass is 243 g/mol. The second-order valence-electron chi connectivity index (χ2n) is 6.41. The molecule has 0 radical (unpaired) electrons. The molecule has 96 valence electrons. The smallest absolute Gasteiger partial charge is 0.251 e. The van der Waals surface area contributed by atoms with Gasteiger partial charge in [0, 0.05) is 11.1 Å². The summed E-state index contributed by atoms with van der Waals surface area (Å²) in [5.74, 6) is 0.0982. The maximum Gasteiger partial charge on any atom is 0.251 e. The third-order valence-electron chi connectivity index (χ3n) is 5.04. The van der Waals surface area contributed by atoms with E-state index in [2.05, 4.69) is 12.2 Å². The van der Waals surface area contributed by atoms with Gasteiger partial charge in [-0.25, -0.2) is 0 Å². The van der Waals surface area contributed by atoms with Gasteiger partial charge in [0.25, 0.3) is 5.91 Å². The highest BCUT2D eigenvalue weighted by atomic mass is 16.1. The van der Waals surface area contributed by atoms with Crippen molar-refractivity contribution in [1.29, 1.82) is 0 Å². The van der Waals surface area contributed by atoms with Crippen LogP contribution < -0.4 is 5.32 Å². The lowest BCUT2D eigenvalue weighted by Crippen LogP contribution is -2.56. The van der Waals surface area contributed by atoms with Gasteiger partial charge >= 0.3 is 0 Å². The van der Waals surface area contributed by atoms with Crippen LogP contribution in [-0.2, 0) is 0 Å². The van der Waals surface area contributed by atoms with Crippen LogP contribution in [0.5, 0.6) is 0 Å². The molecule has 0 aromatic heterocycles. The number of fused-ring (bicyclic) bond motifs is 3. The molecule has 1 aromatic rings. The Morgan fingerprint density at radius 3 is 2.11 bits per heavy atom. The van der Waals surface area contributed by atoms with Crippen molar-refractivity contribution in [2.75, 3.05) is 0 Å². The minimum atomic E-state index is 0.0880. The minimum Gasteiger partial charge on any atom is -0.347 e. The highest BCUT2D eigenvalue weighted by Gasteiger charge is 2.46. The molecule has 0 atom stereocenters. The summed E-state index contributed by atoms with van der Waals surface area (Å²) < 4.78 is 0. The van der Waals surface area contributed by atoms with Gasteiger partial charge < -0.3 is 5.32 Å². The molecule has 1 N–H and O–H groups in total. The summed E-state index contributed by atoms with van der Waals surface area (Å²) in [6, 6.07) is 9.57. The van der Waals surface area contributed by atoms with E-state index < -0.39 is 0 Å². The fourth-order valence-corrected chi connectivity index (χ4v) is 3.46. The molecule has 3 fully saturated rings. The highest BCUT2D eigenvalue weighted by molar-refractivity contribution is 5.94. The molecule has 0 heterocycles. The van der Waals surface area contributed by atoms with Gasteiger partial charge in [-0.2, -0.15) is 0 Å². The predicted molar refractivity (Wildman–Crippen MR) is 72.4 cm³/mol. The number of hydrogen-bond donors (Lipinski definition) is 1. The van der Waals surface area contributed by atoms with Crippen molar-refractivity contribution in [2.24, 2.45) is 5.41 Å². The second kappa shape index (κ2) is 4.11. The van der Waals surface area contributed by atoms with Gasteiger partial charge in [0.1, 0.15) is 0 Å². The first-order valence-corrected chi connectivity index (χ1v) is 6.99. The number of amides is 1. The maximum absolute atomic E-state index is 12.3. The molecule has 0 aliphatic heterocycles. The van der Waals surface area contributed by atoms with Crippen molar-refractivity contribution in [3.8, 4) is 0 Å². The van der Waals surface area contributed by atoms with Crippen LogP contribution in [0.4, 0.5) is 0 Å². The van der Waals surface area contributed by atoms with Gasteiger partial charge in [-0.05, 0) is 56.1 Å². The number of benzene rings is 1. The molecule has 2 nitrogen and oxygen atoms in total. The number of rotatable bonds is 2. The predicted octanol–water partition coefficient (Wildman–Crippen LogP) is 3.53. The van der Waals surface area contributed by atoms with E-state index in [-0.39, 0.29) is 11.4 Å². The molecule has 4 rings (SSSR count). The number of nitrogens with one attached hydrogen (secondary N) is 1. The Kier molecular flexibility index (Phi) is 2.69. The van der Waals surface area contributed by atoms with E-state index in [4.69, 9.17) is 0 Å². The van der Waals surface area contributed by atoms with Crippen LogP contribution in [0, 0.1) is 5.41 Å². The van der Waals surface area contributed by atoms with Crippen molar-refractivity contribution in [1.82, 2.24) is 5.32 Å². The molecular formula is C16H21NO. The third-order valence-corrected chi connectivity index (χ3v) is 5.04. The summed E-state index contributed by atoms with van der Waals surface area (Å²) in [7, 11) is 0. The number of hydrogen-bond acceptors (Lipinski definition) is 1. The highest BCUT2D eigenvalue weighted by Crippen LogP contribution is 2.51. The van der Waals surface area contributed by atoms with E-state index in [0.29, 0.717) is 5.41 Å². The average molecular weight is 243 g/mol. The van der Waals surface area contributed by atoms with Gasteiger partial charge in [0.15, 0.2) is 0 Å². The molecule has 0 saturated heterocycles. The molecule has 1 aromatic carbocycles. The zero-order valence-corrected chi connectivity index (χ0v) is 11.0. The molecule has 3 saturated carbocycles. The SMILES string of the molecule is CC12CCC(NC(=O)c3ccccc3)(CC1)CC2. The molecular weight excluding hydrogens is 222 g/mol. The average Bonchev–Trinajstić information content (AvgIpc) is 2.42. The van der Waals surface area contributed by atoms with E-state index in [1.54, 1.807) is 0 Å². The lowest BCUT2D eigenvalue weighted by atomic mass is 9.58. The quantitative estimate of drug-likeness (QED) is 0.846. The molecule has 2 bridgehead atoms. The van der Waals surface area contributed by atoms with Crippen molar-refractivity contribution in [3.63, 3.8) is 0 Å². The fourth-order valence-electron chi connectivity index (χ4n) is 3.46. The van der Waals surface area contributed by atoms with Crippen LogP contribution in [0.1, 0.15) is 55.8 Å². The zero-order valence-electron chi connectivity index (χ0n) is 11.0. The summed E-state index contributed by atoms with van der Waals surface area (Å²) >= 11 is 0. The summed E-state index contributed by atoms with van der Waals surface area (Å²) in [5, 5.41) is 3.31. The van der Waals surface area contributed by atoms with E-state index in [0.717, 1.165) is 24.8 Å². The Morgan fingerprint density at radius 2 is 1.56 bits per heavy atom. The molecule has 1 amide bonds. The van der Waals surface area contributed by atoms with Crippen molar-refractivity contribution in [2.45, 2.75) is 51.0 Å². The molecule has 0 unspecified atom stereocenters.